The Kier molecular flexibility index (Phi) is 6.63. The average molecular weight is 322 g/mol. The third-order valence-electron chi connectivity index (χ3n) is 2.57. The number of benzene rings is 1. The minimum atomic E-state index is -0.574. The van der Waals surface area contributed by atoms with Gasteiger partial charge in [-0.1, -0.05) is 6.07 Å². The van der Waals surface area contributed by atoms with Crippen molar-refractivity contribution in [1.82, 2.24) is 0 Å². The number of rotatable bonds is 6. The summed E-state index contributed by atoms with van der Waals surface area (Å²) < 4.78 is 20.4. The number of hydrogen-bond donors (Lipinski definition) is 0. The van der Waals surface area contributed by atoms with Crippen LogP contribution in [0.3, 0.4) is 0 Å². The van der Waals surface area contributed by atoms with Crippen molar-refractivity contribution in [3.05, 3.63) is 29.8 Å². The van der Waals surface area contributed by atoms with Gasteiger partial charge in [-0.2, -0.15) is 0 Å². The largest absolute Gasteiger partial charge is 0.493 e. The number of hydrogen-bond acceptors (Lipinski definition) is 6. The maximum atomic E-state index is 11.7. The van der Waals surface area contributed by atoms with Gasteiger partial charge in [-0.25, -0.2) is 9.59 Å². The Hall–Kier alpha value is -2.50. The lowest BCUT2D eigenvalue weighted by Crippen LogP contribution is -2.27. The van der Waals surface area contributed by atoms with Crippen LogP contribution in [0.4, 0.5) is 0 Å². The molecule has 6 heteroatoms. The minimum absolute atomic E-state index is 0.238. The van der Waals surface area contributed by atoms with Crippen LogP contribution in [0.1, 0.15) is 26.3 Å². The molecule has 6 nitrogen and oxygen atoms in total. The summed E-state index contributed by atoms with van der Waals surface area (Å²) in [6, 6.07) is 5.09. The van der Waals surface area contributed by atoms with Gasteiger partial charge >= 0.3 is 11.9 Å². The molecule has 0 aromatic heterocycles. The first-order valence-electron chi connectivity index (χ1n) is 7.04. The van der Waals surface area contributed by atoms with E-state index in [-0.39, 0.29) is 6.61 Å². The lowest BCUT2D eigenvalue weighted by molar-refractivity contribution is -0.157. The van der Waals surface area contributed by atoms with E-state index in [2.05, 4.69) is 4.74 Å². The Bertz CT molecular complexity index is 583. The van der Waals surface area contributed by atoms with Crippen molar-refractivity contribution < 1.29 is 28.5 Å². The van der Waals surface area contributed by atoms with Crippen molar-refractivity contribution in [2.45, 2.75) is 26.4 Å². The fourth-order valence-corrected chi connectivity index (χ4v) is 1.65. The maximum Gasteiger partial charge on any atom is 0.344 e. The zero-order chi connectivity index (χ0) is 17.5. The van der Waals surface area contributed by atoms with E-state index < -0.39 is 17.5 Å². The molecule has 23 heavy (non-hydrogen) atoms. The van der Waals surface area contributed by atoms with Crippen molar-refractivity contribution >= 4 is 18.0 Å². The summed E-state index contributed by atoms with van der Waals surface area (Å²) in [4.78, 5) is 22.8. The summed E-state index contributed by atoms with van der Waals surface area (Å²) in [5.41, 5.74) is 0.130. The molecule has 0 saturated heterocycles. The number of methoxy groups -OCH3 is 2. The Labute approximate surface area is 136 Å². The van der Waals surface area contributed by atoms with Crippen LogP contribution in [0.25, 0.3) is 6.08 Å². The molecule has 1 aromatic carbocycles. The number of ether oxygens (including phenoxy) is 4. The quantitative estimate of drug-likeness (QED) is 0.592. The predicted octanol–water partition coefficient (Wildman–Crippen LogP) is 2.60. The Morgan fingerprint density at radius 3 is 2.39 bits per heavy atom. The van der Waals surface area contributed by atoms with Crippen LogP contribution in [-0.2, 0) is 19.1 Å². The van der Waals surface area contributed by atoms with Crippen LogP contribution in [-0.4, -0.2) is 38.4 Å². The van der Waals surface area contributed by atoms with Crippen LogP contribution in [0, 0.1) is 0 Å². The summed E-state index contributed by atoms with van der Waals surface area (Å²) in [6.07, 6.45) is 2.87. The van der Waals surface area contributed by atoms with Gasteiger partial charge in [0.1, 0.15) is 5.60 Å². The van der Waals surface area contributed by atoms with Gasteiger partial charge in [-0.15, -0.1) is 0 Å². The molecule has 0 fully saturated rings. The molecule has 0 heterocycles. The molecular formula is C17H22O6. The van der Waals surface area contributed by atoms with Gasteiger partial charge in [0.25, 0.3) is 0 Å². The molecule has 0 N–H and O–H groups in total. The second-order valence-corrected chi connectivity index (χ2v) is 5.64. The van der Waals surface area contributed by atoms with E-state index in [0.29, 0.717) is 17.1 Å². The third-order valence-corrected chi connectivity index (χ3v) is 2.57. The predicted molar refractivity (Wildman–Crippen MR) is 85.4 cm³/mol. The fraction of sp³-hybridized carbons (Fsp3) is 0.412. The van der Waals surface area contributed by atoms with Crippen molar-refractivity contribution in [3.63, 3.8) is 0 Å². The Morgan fingerprint density at radius 1 is 1.13 bits per heavy atom. The lowest BCUT2D eigenvalue weighted by atomic mass is 10.2. The summed E-state index contributed by atoms with van der Waals surface area (Å²) in [5, 5.41) is 0. The van der Waals surface area contributed by atoms with Crippen molar-refractivity contribution in [3.8, 4) is 11.5 Å². The molecule has 0 aliphatic carbocycles. The molecule has 0 aliphatic heterocycles. The van der Waals surface area contributed by atoms with Gasteiger partial charge in [0.15, 0.2) is 18.1 Å². The molecule has 0 radical (unpaired) electrons. The number of carbonyl (C=O) groups is 2. The Balaban J connectivity index is 2.81. The Morgan fingerprint density at radius 2 is 1.83 bits per heavy atom. The van der Waals surface area contributed by atoms with E-state index in [0.717, 1.165) is 0 Å². The molecule has 0 unspecified atom stereocenters. The summed E-state index contributed by atoms with van der Waals surface area (Å²) >= 11 is 0. The molecule has 1 rings (SSSR count). The minimum Gasteiger partial charge on any atom is -0.493 e. The summed E-state index contributed by atoms with van der Waals surface area (Å²) in [7, 11) is 2.80. The van der Waals surface area contributed by atoms with Gasteiger partial charge in [-0.05, 0) is 44.5 Å². The van der Waals surface area contributed by atoms with E-state index in [9.17, 15) is 9.59 Å². The molecule has 0 saturated carbocycles. The van der Waals surface area contributed by atoms with Gasteiger partial charge in [0, 0.05) is 6.08 Å². The van der Waals surface area contributed by atoms with Gasteiger partial charge in [-0.3, -0.25) is 0 Å². The fourth-order valence-electron chi connectivity index (χ4n) is 1.65. The summed E-state index contributed by atoms with van der Waals surface area (Å²) in [6.45, 7) is 5.11. The standard InChI is InChI=1S/C17H22O6/c1-17(2,3)23-16(19)11-22-14-10-12(6-8-13(14)20-4)7-9-15(18)21-5/h6-10H,11H2,1-5H3. The SMILES string of the molecule is COC(=O)C=Cc1ccc(OC)c(OCC(=O)OC(C)(C)C)c1. The third kappa shape index (κ3) is 6.86. The van der Waals surface area contributed by atoms with Crippen LogP contribution in [0.5, 0.6) is 11.5 Å². The molecular weight excluding hydrogens is 300 g/mol. The monoisotopic (exact) mass is 322 g/mol. The topological polar surface area (TPSA) is 71.1 Å². The highest BCUT2D eigenvalue weighted by Gasteiger charge is 2.17. The number of carbonyl (C=O) groups excluding carboxylic acids is 2. The van der Waals surface area contributed by atoms with Crippen LogP contribution in [0.2, 0.25) is 0 Å². The first kappa shape index (κ1) is 18.5. The van der Waals surface area contributed by atoms with E-state index in [1.807, 2.05) is 0 Å². The maximum absolute atomic E-state index is 11.7. The molecule has 1 aromatic rings. The number of esters is 2. The second-order valence-electron chi connectivity index (χ2n) is 5.64. The molecule has 0 aliphatic rings. The zero-order valence-electron chi connectivity index (χ0n) is 14.0. The lowest BCUT2D eigenvalue weighted by Gasteiger charge is -2.19. The highest BCUT2D eigenvalue weighted by atomic mass is 16.6. The van der Waals surface area contributed by atoms with Crippen LogP contribution < -0.4 is 9.47 Å². The van der Waals surface area contributed by atoms with E-state index in [1.54, 1.807) is 45.0 Å². The van der Waals surface area contributed by atoms with Gasteiger partial charge < -0.3 is 18.9 Å². The molecule has 126 valence electrons. The molecule has 0 atom stereocenters. The first-order chi connectivity index (χ1) is 10.7. The van der Waals surface area contributed by atoms with Crippen molar-refractivity contribution in [2.24, 2.45) is 0 Å². The summed E-state index contributed by atoms with van der Waals surface area (Å²) in [5.74, 6) is -0.0822. The molecule has 0 bridgehead atoms. The average Bonchev–Trinajstić information content (AvgIpc) is 2.48. The second kappa shape index (κ2) is 8.22. The highest BCUT2D eigenvalue weighted by Crippen LogP contribution is 2.28. The first-order valence-corrected chi connectivity index (χ1v) is 7.04. The highest BCUT2D eigenvalue weighted by molar-refractivity contribution is 5.87. The van der Waals surface area contributed by atoms with E-state index in [4.69, 9.17) is 14.2 Å². The van der Waals surface area contributed by atoms with Crippen LogP contribution in [0.15, 0.2) is 24.3 Å². The van der Waals surface area contributed by atoms with Crippen LogP contribution >= 0.6 is 0 Å². The van der Waals surface area contributed by atoms with E-state index in [1.165, 1.54) is 20.3 Å². The smallest absolute Gasteiger partial charge is 0.344 e. The van der Waals surface area contributed by atoms with E-state index >= 15 is 0 Å². The normalized spacial score (nSPS) is 11.2. The van der Waals surface area contributed by atoms with Crippen molar-refractivity contribution in [2.75, 3.05) is 20.8 Å². The molecule has 0 amide bonds. The van der Waals surface area contributed by atoms with Gasteiger partial charge in [0.05, 0.1) is 14.2 Å². The van der Waals surface area contributed by atoms with Gasteiger partial charge in [0.2, 0.25) is 0 Å². The zero-order valence-corrected chi connectivity index (χ0v) is 14.0. The van der Waals surface area contributed by atoms with Crippen molar-refractivity contribution in [1.29, 1.82) is 0 Å². The molecule has 0 spiro atoms.